The lowest BCUT2D eigenvalue weighted by atomic mass is 10.2. The van der Waals surface area contributed by atoms with Crippen LogP contribution < -0.4 is 4.74 Å². The minimum atomic E-state index is -0.256. The maximum Gasteiger partial charge on any atom is 0.140 e. The van der Waals surface area contributed by atoms with Crippen LogP contribution in [0.25, 0.3) is 11.3 Å². The van der Waals surface area contributed by atoms with Gasteiger partial charge in [-0.05, 0) is 24.3 Å². The fourth-order valence-corrected chi connectivity index (χ4v) is 2.54. The molecule has 0 aliphatic heterocycles. The van der Waals surface area contributed by atoms with Gasteiger partial charge in [0, 0.05) is 10.9 Å². The van der Waals surface area contributed by atoms with E-state index >= 15 is 0 Å². The number of nitrogens with zero attached hydrogens (tertiary/aromatic N) is 1. The molecule has 2 aromatic carbocycles. The number of thiazole rings is 1. The summed E-state index contributed by atoms with van der Waals surface area (Å²) in [6.45, 7) is 0.392. The van der Waals surface area contributed by atoms with Crippen LogP contribution in [0.4, 0.5) is 4.39 Å². The van der Waals surface area contributed by atoms with Gasteiger partial charge in [-0.1, -0.05) is 30.3 Å². The maximum atomic E-state index is 13.7. The summed E-state index contributed by atoms with van der Waals surface area (Å²) in [6.07, 6.45) is 0. The van der Waals surface area contributed by atoms with Crippen LogP contribution in [0.15, 0.2) is 60.0 Å². The molecule has 1 heterocycles. The van der Waals surface area contributed by atoms with E-state index in [1.165, 1.54) is 17.4 Å². The van der Waals surface area contributed by atoms with Gasteiger partial charge in [0.2, 0.25) is 0 Å². The van der Waals surface area contributed by atoms with E-state index in [-0.39, 0.29) is 5.82 Å². The van der Waals surface area contributed by atoms with E-state index in [1.54, 1.807) is 18.2 Å². The lowest BCUT2D eigenvalue weighted by Gasteiger charge is -2.02. The molecule has 3 aromatic rings. The Labute approximate surface area is 120 Å². The van der Waals surface area contributed by atoms with Gasteiger partial charge in [0.25, 0.3) is 0 Å². The third-order valence-electron chi connectivity index (χ3n) is 2.81. The Morgan fingerprint density at radius 1 is 1.00 bits per heavy atom. The van der Waals surface area contributed by atoms with Gasteiger partial charge in [0.05, 0.1) is 5.69 Å². The van der Waals surface area contributed by atoms with E-state index in [2.05, 4.69) is 4.98 Å². The standard InChI is InChI=1S/C16H12FNOS/c17-14-9-5-4-8-13(14)15-11-20-16(18-15)10-19-12-6-2-1-3-7-12/h1-9,11H,10H2. The predicted octanol–water partition coefficient (Wildman–Crippen LogP) is 4.53. The Bertz CT molecular complexity index is 696. The highest BCUT2D eigenvalue weighted by Gasteiger charge is 2.09. The highest BCUT2D eigenvalue weighted by atomic mass is 32.1. The van der Waals surface area contributed by atoms with Crippen LogP contribution in [-0.4, -0.2) is 4.98 Å². The average molecular weight is 285 g/mol. The summed E-state index contributed by atoms with van der Waals surface area (Å²) < 4.78 is 19.3. The zero-order chi connectivity index (χ0) is 13.8. The van der Waals surface area contributed by atoms with Crippen LogP contribution in [0.2, 0.25) is 0 Å². The van der Waals surface area contributed by atoms with E-state index in [0.29, 0.717) is 17.9 Å². The molecule has 0 spiro atoms. The molecule has 3 rings (SSSR count). The van der Waals surface area contributed by atoms with Crippen molar-refractivity contribution < 1.29 is 9.13 Å². The fraction of sp³-hybridized carbons (Fsp3) is 0.0625. The molecule has 4 heteroatoms. The molecular weight excluding hydrogens is 273 g/mol. The average Bonchev–Trinajstić information content (AvgIpc) is 2.95. The Hall–Kier alpha value is -2.20. The number of ether oxygens (including phenoxy) is 1. The van der Waals surface area contributed by atoms with Crippen LogP contribution in [0.3, 0.4) is 0 Å². The molecule has 0 atom stereocenters. The highest BCUT2D eigenvalue weighted by molar-refractivity contribution is 7.09. The van der Waals surface area contributed by atoms with Crippen molar-refractivity contribution in [3.8, 4) is 17.0 Å². The first-order chi connectivity index (χ1) is 9.83. The van der Waals surface area contributed by atoms with Crippen LogP contribution in [-0.2, 0) is 6.61 Å². The van der Waals surface area contributed by atoms with Crippen LogP contribution in [0.1, 0.15) is 5.01 Å². The van der Waals surface area contributed by atoms with Gasteiger partial charge in [-0.15, -0.1) is 11.3 Å². The molecule has 0 saturated heterocycles. The summed E-state index contributed by atoms with van der Waals surface area (Å²) in [5, 5.41) is 2.68. The zero-order valence-electron chi connectivity index (χ0n) is 10.6. The molecule has 0 bridgehead atoms. The maximum absolute atomic E-state index is 13.7. The normalized spacial score (nSPS) is 10.4. The van der Waals surface area contributed by atoms with Crippen LogP contribution in [0.5, 0.6) is 5.75 Å². The predicted molar refractivity (Wildman–Crippen MR) is 78.3 cm³/mol. The summed E-state index contributed by atoms with van der Waals surface area (Å²) in [5.41, 5.74) is 1.18. The monoisotopic (exact) mass is 285 g/mol. The van der Waals surface area contributed by atoms with Gasteiger partial charge >= 0.3 is 0 Å². The lowest BCUT2D eigenvalue weighted by molar-refractivity contribution is 0.305. The molecule has 0 unspecified atom stereocenters. The number of hydrogen-bond donors (Lipinski definition) is 0. The molecule has 0 saturated carbocycles. The second-order valence-electron chi connectivity index (χ2n) is 4.21. The number of benzene rings is 2. The lowest BCUT2D eigenvalue weighted by Crippen LogP contribution is -1.94. The SMILES string of the molecule is Fc1ccccc1-c1csc(COc2ccccc2)n1. The molecule has 1 aromatic heterocycles. The number of aromatic nitrogens is 1. The van der Waals surface area contributed by atoms with E-state index in [4.69, 9.17) is 4.74 Å². The number of hydrogen-bond acceptors (Lipinski definition) is 3. The van der Waals surface area contributed by atoms with Gasteiger partial charge < -0.3 is 4.74 Å². The second-order valence-corrected chi connectivity index (χ2v) is 5.15. The van der Waals surface area contributed by atoms with Gasteiger partial charge in [0.15, 0.2) is 0 Å². The first kappa shape index (κ1) is 12.8. The van der Waals surface area contributed by atoms with Gasteiger partial charge in [-0.3, -0.25) is 0 Å². The van der Waals surface area contributed by atoms with Crippen molar-refractivity contribution in [1.29, 1.82) is 0 Å². The topological polar surface area (TPSA) is 22.1 Å². The Morgan fingerprint density at radius 3 is 2.55 bits per heavy atom. The van der Waals surface area contributed by atoms with Gasteiger partial charge in [-0.2, -0.15) is 0 Å². The van der Waals surface area contributed by atoms with Crippen LogP contribution in [0, 0.1) is 5.82 Å². The number of rotatable bonds is 4. The molecule has 0 aliphatic carbocycles. The van der Waals surface area contributed by atoms with Crippen molar-refractivity contribution in [1.82, 2.24) is 4.98 Å². The molecule has 20 heavy (non-hydrogen) atoms. The molecule has 0 fully saturated rings. The molecule has 100 valence electrons. The minimum Gasteiger partial charge on any atom is -0.486 e. The molecular formula is C16H12FNOS. The summed E-state index contributed by atoms with van der Waals surface area (Å²) >= 11 is 1.47. The van der Waals surface area contributed by atoms with E-state index < -0.39 is 0 Å². The quantitative estimate of drug-likeness (QED) is 0.702. The first-order valence-corrected chi connectivity index (χ1v) is 7.08. The molecule has 0 N–H and O–H groups in total. The summed E-state index contributed by atoms with van der Waals surface area (Å²) in [6, 6.07) is 16.2. The summed E-state index contributed by atoms with van der Waals surface area (Å²) in [5.74, 6) is 0.545. The van der Waals surface area contributed by atoms with Gasteiger partial charge in [-0.25, -0.2) is 9.37 Å². The first-order valence-electron chi connectivity index (χ1n) is 6.20. The van der Waals surface area contributed by atoms with E-state index in [9.17, 15) is 4.39 Å². The fourth-order valence-electron chi connectivity index (χ4n) is 1.83. The smallest absolute Gasteiger partial charge is 0.140 e. The summed E-state index contributed by atoms with van der Waals surface area (Å²) in [4.78, 5) is 4.41. The third-order valence-corrected chi connectivity index (χ3v) is 3.63. The number of para-hydroxylation sites is 1. The van der Waals surface area contributed by atoms with Crippen molar-refractivity contribution in [3.63, 3.8) is 0 Å². The second kappa shape index (κ2) is 5.84. The van der Waals surface area contributed by atoms with Crippen molar-refractivity contribution in [2.45, 2.75) is 6.61 Å². The van der Waals surface area contributed by atoms with E-state index in [0.717, 1.165) is 10.8 Å². The highest BCUT2D eigenvalue weighted by Crippen LogP contribution is 2.25. The summed E-state index contributed by atoms with van der Waals surface area (Å²) in [7, 11) is 0. The van der Waals surface area contributed by atoms with Crippen molar-refractivity contribution in [2.24, 2.45) is 0 Å². The molecule has 0 aliphatic rings. The molecule has 0 radical (unpaired) electrons. The van der Waals surface area contributed by atoms with Crippen LogP contribution >= 0.6 is 11.3 Å². The minimum absolute atomic E-state index is 0.256. The van der Waals surface area contributed by atoms with Crippen molar-refractivity contribution in [2.75, 3.05) is 0 Å². The Balaban J connectivity index is 1.73. The van der Waals surface area contributed by atoms with Crippen molar-refractivity contribution in [3.05, 3.63) is 70.8 Å². The third kappa shape index (κ3) is 2.86. The number of halogens is 1. The van der Waals surface area contributed by atoms with Crippen molar-refractivity contribution >= 4 is 11.3 Å². The Kier molecular flexibility index (Phi) is 3.74. The van der Waals surface area contributed by atoms with E-state index in [1.807, 2.05) is 35.7 Å². The molecule has 0 amide bonds. The Morgan fingerprint density at radius 2 is 1.75 bits per heavy atom. The zero-order valence-corrected chi connectivity index (χ0v) is 11.4. The molecule has 2 nitrogen and oxygen atoms in total. The van der Waals surface area contributed by atoms with Gasteiger partial charge in [0.1, 0.15) is 23.2 Å². The largest absolute Gasteiger partial charge is 0.486 e.